The van der Waals surface area contributed by atoms with Gasteiger partial charge in [0.2, 0.25) is 5.79 Å². The molecular formula is C15H14Cl2N2O2. The Bertz CT molecular complexity index is 639. The molecule has 4 nitrogen and oxygen atoms in total. The summed E-state index contributed by atoms with van der Waals surface area (Å²) in [6, 6.07) is 5.26. The maximum Gasteiger partial charge on any atom is 0.227 e. The van der Waals surface area contributed by atoms with Gasteiger partial charge in [0, 0.05) is 23.0 Å². The first kappa shape index (κ1) is 14.7. The molecule has 2 unspecified atom stereocenters. The summed E-state index contributed by atoms with van der Waals surface area (Å²) < 4.78 is 12.1. The molecule has 3 rings (SSSR count). The van der Waals surface area contributed by atoms with Crippen LogP contribution in [0.3, 0.4) is 0 Å². The lowest BCUT2D eigenvalue weighted by molar-refractivity contribution is -0.274. The Kier molecular flexibility index (Phi) is 4.13. The Morgan fingerprint density at radius 2 is 2.00 bits per heavy atom. The molecule has 1 aromatic heterocycles. The summed E-state index contributed by atoms with van der Waals surface area (Å²) in [5.41, 5.74) is 1.41. The van der Waals surface area contributed by atoms with Crippen molar-refractivity contribution in [3.8, 4) is 0 Å². The summed E-state index contributed by atoms with van der Waals surface area (Å²) in [5.74, 6) is -1.10. The van der Waals surface area contributed by atoms with Crippen LogP contribution in [0, 0.1) is 0 Å². The van der Waals surface area contributed by atoms with Crippen LogP contribution in [-0.4, -0.2) is 22.7 Å². The second-order valence-electron chi connectivity index (χ2n) is 4.93. The Hall–Kier alpha value is -1.20. The van der Waals surface area contributed by atoms with Crippen LogP contribution in [0.5, 0.6) is 0 Å². The number of rotatable bonds is 2. The molecule has 1 aromatic carbocycles. The molecule has 0 N–H and O–H groups in total. The van der Waals surface area contributed by atoms with Crippen molar-refractivity contribution in [1.29, 1.82) is 0 Å². The van der Waals surface area contributed by atoms with Gasteiger partial charge >= 0.3 is 0 Å². The first-order chi connectivity index (χ1) is 10.1. The predicted molar refractivity (Wildman–Crippen MR) is 80.4 cm³/mol. The second kappa shape index (κ2) is 5.89. The summed E-state index contributed by atoms with van der Waals surface area (Å²) in [4.78, 5) is 8.12. The number of halogens is 2. The lowest BCUT2D eigenvalue weighted by Crippen LogP contribution is -2.42. The molecular weight excluding hydrogens is 311 g/mol. The molecule has 0 radical (unpaired) electrons. The van der Waals surface area contributed by atoms with Gasteiger partial charge in [0.05, 0.1) is 23.3 Å². The van der Waals surface area contributed by atoms with Gasteiger partial charge < -0.3 is 9.47 Å². The molecule has 2 aromatic rings. The smallest absolute Gasteiger partial charge is 0.227 e. The summed E-state index contributed by atoms with van der Waals surface area (Å²) in [7, 11) is 0. The van der Waals surface area contributed by atoms with Crippen LogP contribution in [0.15, 0.2) is 36.9 Å². The van der Waals surface area contributed by atoms with Crippen LogP contribution in [0.2, 0.25) is 10.0 Å². The summed E-state index contributed by atoms with van der Waals surface area (Å²) in [5, 5.41) is 1.05. The Labute approximate surface area is 133 Å². The Balaban J connectivity index is 2.16. The molecule has 2 heterocycles. The van der Waals surface area contributed by atoms with Gasteiger partial charge in [0.25, 0.3) is 0 Å². The quantitative estimate of drug-likeness (QED) is 0.842. The van der Waals surface area contributed by atoms with Gasteiger partial charge in [0.15, 0.2) is 0 Å². The minimum absolute atomic E-state index is 0.0331. The molecule has 1 aliphatic heterocycles. The molecule has 1 saturated heterocycles. The topological polar surface area (TPSA) is 44.2 Å². The van der Waals surface area contributed by atoms with Gasteiger partial charge in [-0.2, -0.15) is 0 Å². The van der Waals surface area contributed by atoms with Crippen molar-refractivity contribution in [2.75, 3.05) is 6.61 Å². The van der Waals surface area contributed by atoms with E-state index in [4.69, 9.17) is 32.7 Å². The van der Waals surface area contributed by atoms with E-state index in [9.17, 15) is 0 Å². The Morgan fingerprint density at radius 1 is 1.24 bits per heavy atom. The highest BCUT2D eigenvalue weighted by molar-refractivity contribution is 6.35. The van der Waals surface area contributed by atoms with Gasteiger partial charge in [-0.3, -0.25) is 0 Å². The van der Waals surface area contributed by atoms with E-state index in [2.05, 4.69) is 9.97 Å². The van der Waals surface area contributed by atoms with Crippen LogP contribution in [0.25, 0.3) is 0 Å². The minimum Gasteiger partial charge on any atom is -0.342 e. The summed E-state index contributed by atoms with van der Waals surface area (Å²) in [6.45, 7) is 2.57. The van der Waals surface area contributed by atoms with E-state index in [1.807, 2.05) is 13.0 Å². The van der Waals surface area contributed by atoms with E-state index in [-0.39, 0.29) is 6.10 Å². The number of hydrogen-bond acceptors (Lipinski definition) is 4. The van der Waals surface area contributed by atoms with E-state index < -0.39 is 5.79 Å². The first-order valence-corrected chi connectivity index (χ1v) is 7.40. The fourth-order valence-electron chi connectivity index (χ4n) is 2.42. The predicted octanol–water partition coefficient (Wildman–Crippen LogP) is 3.81. The summed E-state index contributed by atoms with van der Waals surface area (Å²) >= 11 is 12.3. The average Bonchev–Trinajstić information content (AvgIpc) is 2.48. The molecule has 0 aliphatic carbocycles. The molecule has 0 saturated carbocycles. The standard InChI is InChI=1S/C15H14Cl2N2O2/c1-10-4-5-20-15(21-10,11-7-18-9-19-8-11)13-3-2-12(16)6-14(13)17/h2-3,6-10H,4-5H2,1H3. The monoisotopic (exact) mass is 324 g/mol. The zero-order valence-corrected chi connectivity index (χ0v) is 12.9. The third-order valence-corrected chi connectivity index (χ3v) is 3.97. The van der Waals surface area contributed by atoms with Gasteiger partial charge in [-0.05, 0) is 25.5 Å². The largest absolute Gasteiger partial charge is 0.342 e. The minimum atomic E-state index is -1.10. The maximum atomic E-state index is 6.36. The van der Waals surface area contributed by atoms with Gasteiger partial charge in [-0.25, -0.2) is 9.97 Å². The van der Waals surface area contributed by atoms with Crippen LogP contribution in [-0.2, 0) is 15.3 Å². The molecule has 0 spiro atoms. The van der Waals surface area contributed by atoms with Crippen LogP contribution in [0.1, 0.15) is 24.5 Å². The van der Waals surface area contributed by atoms with Crippen molar-refractivity contribution in [3.63, 3.8) is 0 Å². The number of hydrogen-bond donors (Lipinski definition) is 0. The lowest BCUT2D eigenvalue weighted by atomic mass is 9.97. The highest BCUT2D eigenvalue weighted by Crippen LogP contribution is 2.42. The van der Waals surface area contributed by atoms with Crippen molar-refractivity contribution < 1.29 is 9.47 Å². The highest BCUT2D eigenvalue weighted by Gasteiger charge is 2.43. The number of benzene rings is 1. The number of aromatic nitrogens is 2. The van der Waals surface area contributed by atoms with E-state index >= 15 is 0 Å². The maximum absolute atomic E-state index is 6.36. The van der Waals surface area contributed by atoms with Crippen molar-refractivity contribution in [2.24, 2.45) is 0 Å². The molecule has 1 fully saturated rings. The average molecular weight is 325 g/mol. The molecule has 0 amide bonds. The fourth-order valence-corrected chi connectivity index (χ4v) is 2.95. The van der Waals surface area contributed by atoms with Gasteiger partial charge in [-0.1, -0.05) is 29.3 Å². The van der Waals surface area contributed by atoms with Crippen molar-refractivity contribution >= 4 is 23.2 Å². The zero-order chi connectivity index (χ0) is 14.9. The molecule has 1 aliphatic rings. The van der Waals surface area contributed by atoms with Gasteiger partial charge in [-0.15, -0.1) is 0 Å². The molecule has 2 atom stereocenters. The fraction of sp³-hybridized carbons (Fsp3) is 0.333. The molecule has 0 bridgehead atoms. The molecule has 21 heavy (non-hydrogen) atoms. The van der Waals surface area contributed by atoms with Gasteiger partial charge in [0.1, 0.15) is 6.33 Å². The third kappa shape index (κ3) is 2.77. The normalized spacial score (nSPS) is 25.8. The van der Waals surface area contributed by atoms with E-state index in [0.29, 0.717) is 27.8 Å². The Morgan fingerprint density at radius 3 is 2.67 bits per heavy atom. The molecule has 110 valence electrons. The van der Waals surface area contributed by atoms with E-state index in [0.717, 1.165) is 6.42 Å². The SMILES string of the molecule is CC1CCOC(c2cncnc2)(c2ccc(Cl)cc2Cl)O1. The second-order valence-corrected chi connectivity index (χ2v) is 5.78. The van der Waals surface area contributed by atoms with E-state index in [1.165, 1.54) is 6.33 Å². The third-order valence-electron chi connectivity index (χ3n) is 3.42. The number of ether oxygens (including phenoxy) is 2. The zero-order valence-electron chi connectivity index (χ0n) is 11.4. The lowest BCUT2D eigenvalue weighted by Gasteiger charge is -2.40. The number of nitrogens with zero attached hydrogens (tertiary/aromatic N) is 2. The van der Waals surface area contributed by atoms with Crippen molar-refractivity contribution in [2.45, 2.75) is 25.2 Å². The van der Waals surface area contributed by atoms with E-state index in [1.54, 1.807) is 24.5 Å². The summed E-state index contributed by atoms with van der Waals surface area (Å²) in [6.07, 6.45) is 5.67. The highest BCUT2D eigenvalue weighted by atomic mass is 35.5. The van der Waals surface area contributed by atoms with Crippen LogP contribution >= 0.6 is 23.2 Å². The van der Waals surface area contributed by atoms with Crippen molar-refractivity contribution in [1.82, 2.24) is 9.97 Å². The first-order valence-electron chi connectivity index (χ1n) is 6.64. The van der Waals surface area contributed by atoms with Crippen molar-refractivity contribution in [3.05, 3.63) is 58.1 Å². The van der Waals surface area contributed by atoms with Crippen LogP contribution < -0.4 is 0 Å². The van der Waals surface area contributed by atoms with Crippen LogP contribution in [0.4, 0.5) is 0 Å². The molecule has 6 heteroatoms.